The summed E-state index contributed by atoms with van der Waals surface area (Å²) in [5.74, 6) is 0.456. The summed E-state index contributed by atoms with van der Waals surface area (Å²) in [7, 11) is 0. The second-order valence-corrected chi connectivity index (χ2v) is 8.11. The zero-order valence-electron chi connectivity index (χ0n) is 19.6. The van der Waals surface area contributed by atoms with Crippen molar-refractivity contribution >= 4 is 11.7 Å². The molecular formula is C22H40N4O5. The number of amides is 1. The Kier molecular flexibility index (Phi) is 14.7. The van der Waals surface area contributed by atoms with E-state index in [1.165, 1.54) is 0 Å². The summed E-state index contributed by atoms with van der Waals surface area (Å²) in [4.78, 5) is 23.1. The number of Topliss-reactive ketones (excluding diaryl/α,β-unsaturated/α-hetero) is 1. The van der Waals surface area contributed by atoms with Gasteiger partial charge in [0.25, 0.3) is 0 Å². The third-order valence-corrected chi connectivity index (χ3v) is 4.44. The molecule has 9 nitrogen and oxygen atoms in total. The molecule has 9 heteroatoms. The SMILES string of the molecule is CC(C)NC(=O)CCCc1cn(CCOCCOCCOCCCC(=O)C(C)C)nn1. The number of ketones is 1. The topological polar surface area (TPSA) is 105 Å². The van der Waals surface area contributed by atoms with Gasteiger partial charge >= 0.3 is 0 Å². The molecule has 31 heavy (non-hydrogen) atoms. The number of nitrogens with one attached hydrogen (secondary N) is 1. The molecule has 1 rings (SSSR count). The fourth-order valence-electron chi connectivity index (χ4n) is 2.72. The molecule has 0 unspecified atom stereocenters. The second-order valence-electron chi connectivity index (χ2n) is 8.11. The highest BCUT2D eigenvalue weighted by atomic mass is 16.5. The Morgan fingerprint density at radius 3 is 2.23 bits per heavy atom. The van der Waals surface area contributed by atoms with Crippen molar-refractivity contribution in [2.24, 2.45) is 5.92 Å². The van der Waals surface area contributed by atoms with Crippen LogP contribution in [0.25, 0.3) is 0 Å². The number of nitrogens with zero attached hydrogens (tertiary/aromatic N) is 3. The van der Waals surface area contributed by atoms with E-state index in [0.717, 1.165) is 25.0 Å². The Labute approximate surface area is 186 Å². The third kappa shape index (κ3) is 14.7. The van der Waals surface area contributed by atoms with Gasteiger partial charge in [0.2, 0.25) is 5.91 Å². The van der Waals surface area contributed by atoms with Crippen molar-refractivity contribution in [3.05, 3.63) is 11.9 Å². The quantitative estimate of drug-likeness (QED) is 0.329. The number of rotatable bonds is 19. The van der Waals surface area contributed by atoms with Crippen molar-refractivity contribution < 1.29 is 23.8 Å². The molecule has 178 valence electrons. The molecule has 0 bridgehead atoms. The number of hydrogen-bond donors (Lipinski definition) is 1. The van der Waals surface area contributed by atoms with Crippen LogP contribution in [0.5, 0.6) is 0 Å². The Balaban J connectivity index is 1.93. The lowest BCUT2D eigenvalue weighted by molar-refractivity contribution is -0.122. The molecule has 0 atom stereocenters. The highest BCUT2D eigenvalue weighted by molar-refractivity contribution is 5.80. The maximum atomic E-state index is 11.6. The molecule has 1 aromatic rings. The monoisotopic (exact) mass is 440 g/mol. The van der Waals surface area contributed by atoms with Gasteiger partial charge in [-0.15, -0.1) is 5.10 Å². The van der Waals surface area contributed by atoms with Crippen LogP contribution in [0, 0.1) is 5.92 Å². The van der Waals surface area contributed by atoms with E-state index in [1.807, 2.05) is 33.9 Å². The van der Waals surface area contributed by atoms with E-state index in [2.05, 4.69) is 15.6 Å². The smallest absolute Gasteiger partial charge is 0.220 e. The van der Waals surface area contributed by atoms with Crippen molar-refractivity contribution in [3.63, 3.8) is 0 Å². The van der Waals surface area contributed by atoms with Gasteiger partial charge in [-0.1, -0.05) is 19.1 Å². The lowest BCUT2D eigenvalue weighted by atomic mass is 10.1. The van der Waals surface area contributed by atoms with E-state index in [-0.39, 0.29) is 23.7 Å². The first-order valence-electron chi connectivity index (χ1n) is 11.3. The summed E-state index contributed by atoms with van der Waals surface area (Å²) in [5.41, 5.74) is 0.884. The average Bonchev–Trinajstić information content (AvgIpc) is 3.15. The highest BCUT2D eigenvalue weighted by Crippen LogP contribution is 2.02. The third-order valence-electron chi connectivity index (χ3n) is 4.44. The molecule has 1 amide bonds. The molecule has 0 aromatic carbocycles. The van der Waals surface area contributed by atoms with Crippen molar-refractivity contribution in [1.82, 2.24) is 20.3 Å². The summed E-state index contributed by atoms with van der Waals surface area (Å²) in [6, 6.07) is 0.171. The normalized spacial score (nSPS) is 11.4. The molecule has 1 aromatic heterocycles. The van der Waals surface area contributed by atoms with Crippen LogP contribution >= 0.6 is 0 Å². The van der Waals surface area contributed by atoms with Gasteiger partial charge in [-0.25, -0.2) is 4.68 Å². The highest BCUT2D eigenvalue weighted by Gasteiger charge is 2.07. The van der Waals surface area contributed by atoms with Crippen LogP contribution in [-0.4, -0.2) is 72.4 Å². The van der Waals surface area contributed by atoms with Crippen LogP contribution in [0.2, 0.25) is 0 Å². The van der Waals surface area contributed by atoms with E-state index >= 15 is 0 Å². The summed E-state index contributed by atoms with van der Waals surface area (Å²) in [6.07, 6.45) is 5.22. The van der Waals surface area contributed by atoms with E-state index in [4.69, 9.17) is 14.2 Å². The molecule has 0 fully saturated rings. The maximum absolute atomic E-state index is 11.6. The Morgan fingerprint density at radius 1 is 0.935 bits per heavy atom. The van der Waals surface area contributed by atoms with Gasteiger partial charge in [-0.05, 0) is 33.1 Å². The summed E-state index contributed by atoms with van der Waals surface area (Å²) in [5, 5.41) is 11.1. The molecule has 0 aliphatic rings. The van der Waals surface area contributed by atoms with Crippen LogP contribution in [-0.2, 0) is 36.8 Å². The van der Waals surface area contributed by atoms with Gasteiger partial charge < -0.3 is 19.5 Å². The van der Waals surface area contributed by atoms with Crippen LogP contribution in [0.4, 0.5) is 0 Å². The fourth-order valence-corrected chi connectivity index (χ4v) is 2.72. The second kappa shape index (κ2) is 16.8. The molecule has 1 heterocycles. The van der Waals surface area contributed by atoms with Gasteiger partial charge in [0.15, 0.2) is 0 Å². The minimum atomic E-state index is 0.0719. The van der Waals surface area contributed by atoms with E-state index in [9.17, 15) is 9.59 Å². The van der Waals surface area contributed by atoms with Crippen LogP contribution < -0.4 is 5.32 Å². The van der Waals surface area contributed by atoms with Gasteiger partial charge in [0, 0.05) is 37.6 Å². The van der Waals surface area contributed by atoms with Gasteiger partial charge in [0.1, 0.15) is 5.78 Å². The lowest BCUT2D eigenvalue weighted by Gasteiger charge is -2.07. The zero-order valence-corrected chi connectivity index (χ0v) is 19.6. The number of carbonyl (C=O) groups is 2. The molecule has 0 aliphatic heterocycles. The average molecular weight is 441 g/mol. The summed E-state index contributed by atoms with van der Waals surface area (Å²) in [6.45, 7) is 11.5. The predicted octanol–water partition coefficient (Wildman–Crippen LogP) is 2.18. The van der Waals surface area contributed by atoms with Crippen LogP contribution in [0.15, 0.2) is 6.20 Å². The lowest BCUT2D eigenvalue weighted by Crippen LogP contribution is -2.29. The Morgan fingerprint density at radius 2 is 1.58 bits per heavy atom. The van der Waals surface area contributed by atoms with E-state index in [1.54, 1.807) is 4.68 Å². The van der Waals surface area contributed by atoms with Gasteiger partial charge in [-0.3, -0.25) is 9.59 Å². The number of aryl methyl sites for hydroxylation is 1. The number of hydrogen-bond acceptors (Lipinski definition) is 7. The van der Waals surface area contributed by atoms with Gasteiger partial charge in [-0.2, -0.15) is 0 Å². The van der Waals surface area contributed by atoms with Crippen molar-refractivity contribution in [2.75, 3.05) is 39.6 Å². The zero-order chi connectivity index (χ0) is 22.9. The van der Waals surface area contributed by atoms with Crippen LogP contribution in [0.3, 0.4) is 0 Å². The number of ether oxygens (including phenoxy) is 3. The number of aromatic nitrogens is 3. The Bertz CT molecular complexity index is 619. The van der Waals surface area contributed by atoms with Gasteiger partial charge in [0.05, 0.1) is 45.3 Å². The molecule has 0 saturated carbocycles. The molecule has 0 spiro atoms. The largest absolute Gasteiger partial charge is 0.379 e. The van der Waals surface area contributed by atoms with E-state index in [0.29, 0.717) is 59.0 Å². The minimum Gasteiger partial charge on any atom is -0.379 e. The summed E-state index contributed by atoms with van der Waals surface area (Å²) < 4.78 is 18.2. The first-order chi connectivity index (χ1) is 14.9. The van der Waals surface area contributed by atoms with Crippen LogP contribution in [0.1, 0.15) is 59.1 Å². The molecular weight excluding hydrogens is 400 g/mol. The first kappa shape index (κ1) is 27.2. The minimum absolute atomic E-state index is 0.0719. The first-order valence-corrected chi connectivity index (χ1v) is 11.3. The van der Waals surface area contributed by atoms with Crippen molar-refractivity contribution in [2.45, 2.75) is 72.4 Å². The number of carbonyl (C=O) groups excluding carboxylic acids is 2. The fraction of sp³-hybridized carbons (Fsp3) is 0.818. The Hall–Kier alpha value is -1.84. The molecule has 0 saturated heterocycles. The predicted molar refractivity (Wildman–Crippen MR) is 118 cm³/mol. The standard InChI is InChI=1S/C22H40N4O5/c1-18(2)21(27)8-6-11-29-13-15-31-16-14-30-12-10-26-17-20(24-25-26)7-5-9-22(28)23-19(3)4/h17-19H,5-16H2,1-4H3,(H,23,28). The van der Waals surface area contributed by atoms with E-state index < -0.39 is 0 Å². The molecule has 1 N–H and O–H groups in total. The maximum Gasteiger partial charge on any atom is 0.220 e. The van der Waals surface area contributed by atoms with Crippen molar-refractivity contribution in [1.29, 1.82) is 0 Å². The molecule has 0 aliphatic carbocycles. The molecule has 0 radical (unpaired) electrons. The summed E-state index contributed by atoms with van der Waals surface area (Å²) >= 11 is 0. The van der Waals surface area contributed by atoms with Crippen molar-refractivity contribution in [3.8, 4) is 0 Å².